The fourth-order valence-electron chi connectivity index (χ4n) is 3.33. The van der Waals surface area contributed by atoms with Crippen molar-refractivity contribution in [2.45, 2.75) is 17.5 Å². The molecular weight excluding hydrogens is 424 g/mol. The van der Waals surface area contributed by atoms with Gasteiger partial charge in [-0.05, 0) is 24.3 Å². The Kier molecular flexibility index (Phi) is 5.76. The number of thioether (sulfide) groups is 1. The first-order valence-corrected chi connectivity index (χ1v) is 11.0. The van der Waals surface area contributed by atoms with Gasteiger partial charge in [-0.3, -0.25) is 4.57 Å². The Labute approximate surface area is 189 Å². The summed E-state index contributed by atoms with van der Waals surface area (Å²) in [6.07, 6.45) is 1.66. The largest absolute Gasteiger partial charge is 0.497 e. The first-order valence-electron chi connectivity index (χ1n) is 10.0. The van der Waals surface area contributed by atoms with Crippen LogP contribution in [0.5, 0.6) is 5.75 Å². The molecule has 0 radical (unpaired) electrons. The van der Waals surface area contributed by atoms with E-state index in [1.165, 1.54) is 11.8 Å². The molecule has 0 N–H and O–H groups in total. The molecule has 0 unspecified atom stereocenters. The van der Waals surface area contributed by atoms with Crippen LogP contribution in [0.15, 0.2) is 93.2 Å². The van der Waals surface area contributed by atoms with Gasteiger partial charge in [0.15, 0.2) is 11.0 Å². The number of benzene rings is 2. The Hall–Kier alpha value is -3.78. The lowest BCUT2D eigenvalue weighted by Crippen LogP contribution is -2.03. The van der Waals surface area contributed by atoms with E-state index in [2.05, 4.69) is 15.4 Å². The minimum absolute atomic E-state index is 0.514. The van der Waals surface area contributed by atoms with Gasteiger partial charge in [-0.15, -0.1) is 10.2 Å². The normalized spacial score (nSPS) is 11.0. The van der Waals surface area contributed by atoms with Crippen LogP contribution in [-0.4, -0.2) is 27.0 Å². The molecule has 0 aliphatic rings. The maximum absolute atomic E-state index is 5.57. The third kappa shape index (κ3) is 4.31. The summed E-state index contributed by atoms with van der Waals surface area (Å²) in [5, 5.41) is 13.9. The molecule has 160 valence electrons. The highest BCUT2D eigenvalue weighted by molar-refractivity contribution is 7.98. The maximum atomic E-state index is 5.57. The number of hydrogen-bond acceptors (Lipinski definition) is 7. The average Bonchev–Trinajstić information content (AvgIpc) is 3.60. The smallest absolute Gasteiger partial charge is 0.192 e. The molecule has 0 aliphatic carbocycles. The molecule has 0 saturated heterocycles. The zero-order valence-electron chi connectivity index (χ0n) is 17.3. The Morgan fingerprint density at radius 2 is 1.78 bits per heavy atom. The molecule has 0 atom stereocenters. The summed E-state index contributed by atoms with van der Waals surface area (Å²) < 4.78 is 18.5. The molecular formula is C24H20N4O3S. The maximum Gasteiger partial charge on any atom is 0.192 e. The van der Waals surface area contributed by atoms with Gasteiger partial charge in [0.1, 0.15) is 23.0 Å². The molecule has 0 amide bonds. The topological polar surface area (TPSA) is 79.1 Å². The van der Waals surface area contributed by atoms with E-state index in [1.54, 1.807) is 13.4 Å². The molecule has 0 aliphatic heterocycles. The van der Waals surface area contributed by atoms with Gasteiger partial charge in [-0.1, -0.05) is 59.4 Å². The molecule has 32 heavy (non-hydrogen) atoms. The predicted octanol–water partition coefficient (Wildman–Crippen LogP) is 5.54. The van der Waals surface area contributed by atoms with E-state index in [9.17, 15) is 0 Å². The van der Waals surface area contributed by atoms with Crippen molar-refractivity contribution < 1.29 is 13.7 Å². The first kappa shape index (κ1) is 20.1. The zero-order chi connectivity index (χ0) is 21.8. The molecule has 0 bridgehead atoms. The number of hydrogen-bond donors (Lipinski definition) is 0. The summed E-state index contributed by atoms with van der Waals surface area (Å²) in [5.41, 5.74) is 2.76. The van der Waals surface area contributed by atoms with E-state index < -0.39 is 0 Å². The molecule has 5 rings (SSSR count). The van der Waals surface area contributed by atoms with E-state index in [0.29, 0.717) is 12.3 Å². The van der Waals surface area contributed by atoms with Gasteiger partial charge in [-0.25, -0.2) is 0 Å². The molecule has 3 heterocycles. The first-order chi connectivity index (χ1) is 15.8. The second kappa shape index (κ2) is 9.15. The SMILES string of the molecule is COc1cccc(-c2nnc(SCc3cc(-c4ccccc4)no3)n2Cc2ccco2)c1. The van der Waals surface area contributed by atoms with Crippen molar-refractivity contribution in [3.05, 3.63) is 90.6 Å². The van der Waals surface area contributed by atoms with Crippen molar-refractivity contribution in [2.75, 3.05) is 7.11 Å². The van der Waals surface area contributed by atoms with Gasteiger partial charge in [0, 0.05) is 17.2 Å². The van der Waals surface area contributed by atoms with Crippen molar-refractivity contribution in [1.29, 1.82) is 0 Å². The molecule has 2 aromatic carbocycles. The van der Waals surface area contributed by atoms with Crippen molar-refractivity contribution >= 4 is 11.8 Å². The Balaban J connectivity index is 1.41. The summed E-state index contributed by atoms with van der Waals surface area (Å²) in [7, 11) is 1.65. The summed E-state index contributed by atoms with van der Waals surface area (Å²) in [6.45, 7) is 0.514. The second-order valence-corrected chi connectivity index (χ2v) is 7.98. The molecule has 0 fully saturated rings. The highest BCUT2D eigenvalue weighted by Crippen LogP contribution is 2.30. The Morgan fingerprint density at radius 1 is 0.906 bits per heavy atom. The monoisotopic (exact) mass is 444 g/mol. The van der Waals surface area contributed by atoms with Gasteiger partial charge in [0.2, 0.25) is 0 Å². The molecule has 0 saturated carbocycles. The predicted molar refractivity (Wildman–Crippen MR) is 121 cm³/mol. The van der Waals surface area contributed by atoms with E-state index in [-0.39, 0.29) is 0 Å². The van der Waals surface area contributed by atoms with Gasteiger partial charge in [0.25, 0.3) is 0 Å². The number of methoxy groups -OCH3 is 1. The van der Waals surface area contributed by atoms with Crippen LogP contribution in [0.2, 0.25) is 0 Å². The highest BCUT2D eigenvalue weighted by Gasteiger charge is 2.17. The summed E-state index contributed by atoms with van der Waals surface area (Å²) >= 11 is 1.54. The van der Waals surface area contributed by atoms with Crippen LogP contribution in [0.3, 0.4) is 0 Å². The second-order valence-electron chi connectivity index (χ2n) is 7.04. The van der Waals surface area contributed by atoms with Gasteiger partial charge < -0.3 is 13.7 Å². The zero-order valence-corrected chi connectivity index (χ0v) is 18.2. The van der Waals surface area contributed by atoms with Crippen molar-refractivity contribution in [3.63, 3.8) is 0 Å². The fourth-order valence-corrected chi connectivity index (χ4v) is 4.15. The van der Waals surface area contributed by atoms with E-state index in [4.69, 9.17) is 13.7 Å². The van der Waals surface area contributed by atoms with E-state index in [0.717, 1.165) is 45.1 Å². The summed E-state index contributed by atoms with van der Waals surface area (Å²) in [6, 6.07) is 23.5. The molecule has 5 aromatic rings. The summed E-state index contributed by atoms with van der Waals surface area (Å²) in [4.78, 5) is 0. The van der Waals surface area contributed by atoms with Gasteiger partial charge in [0.05, 0.1) is 25.7 Å². The van der Waals surface area contributed by atoms with Crippen molar-refractivity contribution in [2.24, 2.45) is 0 Å². The number of rotatable bonds is 8. The summed E-state index contributed by atoms with van der Waals surface area (Å²) in [5.74, 6) is 3.67. The van der Waals surface area contributed by atoms with Crippen LogP contribution in [-0.2, 0) is 12.3 Å². The Morgan fingerprint density at radius 3 is 2.59 bits per heavy atom. The molecule has 0 spiro atoms. The van der Waals surface area contributed by atoms with Gasteiger partial charge in [-0.2, -0.15) is 0 Å². The molecule has 8 heteroatoms. The van der Waals surface area contributed by atoms with Crippen LogP contribution < -0.4 is 4.74 Å². The van der Waals surface area contributed by atoms with Crippen LogP contribution in [0.4, 0.5) is 0 Å². The lowest BCUT2D eigenvalue weighted by molar-refractivity contribution is 0.397. The highest BCUT2D eigenvalue weighted by atomic mass is 32.2. The molecule has 3 aromatic heterocycles. The number of nitrogens with zero attached hydrogens (tertiary/aromatic N) is 4. The van der Waals surface area contributed by atoms with Crippen LogP contribution >= 0.6 is 11.8 Å². The molecule has 7 nitrogen and oxygen atoms in total. The average molecular weight is 445 g/mol. The minimum atomic E-state index is 0.514. The number of ether oxygens (including phenoxy) is 1. The fraction of sp³-hybridized carbons (Fsp3) is 0.125. The number of furan rings is 1. The minimum Gasteiger partial charge on any atom is -0.497 e. The standard InChI is InChI=1S/C24H20N4O3S/c1-29-19-10-5-9-18(13-19)23-25-26-24(28(23)15-20-11-6-12-30-20)32-16-21-14-22(27-31-21)17-7-3-2-4-8-17/h2-14H,15-16H2,1H3. The van der Waals surface area contributed by atoms with Crippen LogP contribution in [0.25, 0.3) is 22.6 Å². The van der Waals surface area contributed by atoms with Crippen LogP contribution in [0.1, 0.15) is 11.5 Å². The van der Waals surface area contributed by atoms with Gasteiger partial charge >= 0.3 is 0 Å². The third-order valence-corrected chi connectivity index (χ3v) is 5.90. The number of aromatic nitrogens is 4. The quantitative estimate of drug-likeness (QED) is 0.291. The van der Waals surface area contributed by atoms with Crippen molar-refractivity contribution in [1.82, 2.24) is 19.9 Å². The lowest BCUT2D eigenvalue weighted by Gasteiger charge is -2.09. The van der Waals surface area contributed by atoms with E-state index >= 15 is 0 Å². The van der Waals surface area contributed by atoms with Crippen LogP contribution in [0, 0.1) is 0 Å². The van der Waals surface area contributed by atoms with Crippen molar-refractivity contribution in [3.8, 4) is 28.4 Å². The Bertz CT molecular complexity index is 1300. The third-order valence-electron chi connectivity index (χ3n) is 4.91. The lowest BCUT2D eigenvalue weighted by atomic mass is 10.1. The van der Waals surface area contributed by atoms with E-state index in [1.807, 2.05) is 77.4 Å².